The highest BCUT2D eigenvalue weighted by atomic mass is 16.5. The van der Waals surface area contributed by atoms with E-state index in [0.717, 1.165) is 25.7 Å². The summed E-state index contributed by atoms with van der Waals surface area (Å²) in [7, 11) is 0. The number of carbonyl (C=O) groups is 2. The minimum absolute atomic E-state index is 0.0776. The lowest BCUT2D eigenvalue weighted by Gasteiger charge is -2.31. The lowest BCUT2D eigenvalue weighted by Crippen LogP contribution is -2.49. The van der Waals surface area contributed by atoms with Crippen molar-refractivity contribution in [3.63, 3.8) is 0 Å². The van der Waals surface area contributed by atoms with Crippen LogP contribution in [0.5, 0.6) is 11.5 Å². The van der Waals surface area contributed by atoms with E-state index in [0.29, 0.717) is 24.3 Å². The first-order chi connectivity index (χ1) is 15.6. The predicted octanol–water partition coefficient (Wildman–Crippen LogP) is 4.25. The molecular weight excluding hydrogens is 404 g/mol. The van der Waals surface area contributed by atoms with E-state index in [-0.39, 0.29) is 23.9 Å². The van der Waals surface area contributed by atoms with Gasteiger partial charge in [-0.2, -0.15) is 0 Å². The summed E-state index contributed by atoms with van der Waals surface area (Å²) >= 11 is 0. The molecular formula is C26H34N2O4. The average Bonchev–Trinajstić information content (AvgIpc) is 2.83. The summed E-state index contributed by atoms with van der Waals surface area (Å²) in [5, 5.41) is 6.26. The van der Waals surface area contributed by atoms with Crippen molar-refractivity contribution in [1.29, 1.82) is 0 Å². The van der Waals surface area contributed by atoms with E-state index in [4.69, 9.17) is 9.47 Å². The van der Waals surface area contributed by atoms with Crippen molar-refractivity contribution in [2.75, 3.05) is 0 Å². The van der Waals surface area contributed by atoms with Gasteiger partial charge in [0.1, 0.15) is 11.5 Å². The third-order valence-electron chi connectivity index (χ3n) is 5.79. The highest BCUT2D eigenvalue weighted by molar-refractivity contribution is 5.82. The van der Waals surface area contributed by atoms with Crippen molar-refractivity contribution in [2.24, 2.45) is 0 Å². The van der Waals surface area contributed by atoms with Crippen molar-refractivity contribution in [2.45, 2.75) is 76.7 Å². The number of para-hydroxylation sites is 2. The van der Waals surface area contributed by atoms with Gasteiger partial charge in [0.2, 0.25) is 0 Å². The van der Waals surface area contributed by atoms with Crippen LogP contribution in [0.4, 0.5) is 0 Å². The van der Waals surface area contributed by atoms with Crippen LogP contribution in [0.1, 0.15) is 52.4 Å². The summed E-state index contributed by atoms with van der Waals surface area (Å²) in [4.78, 5) is 25.4. The Labute approximate surface area is 190 Å². The van der Waals surface area contributed by atoms with Crippen LogP contribution < -0.4 is 20.1 Å². The van der Waals surface area contributed by atoms with E-state index in [1.54, 1.807) is 0 Å². The van der Waals surface area contributed by atoms with E-state index in [1.165, 1.54) is 0 Å². The molecule has 2 amide bonds. The monoisotopic (exact) mass is 438 g/mol. The Morgan fingerprint density at radius 2 is 1.06 bits per heavy atom. The first-order valence-corrected chi connectivity index (χ1v) is 11.6. The van der Waals surface area contributed by atoms with Gasteiger partial charge >= 0.3 is 0 Å². The molecule has 3 rings (SSSR count). The Balaban J connectivity index is 1.43. The number of hydrogen-bond donors (Lipinski definition) is 2. The molecule has 2 N–H and O–H groups in total. The number of carbonyl (C=O) groups excluding carboxylic acids is 2. The first kappa shape index (κ1) is 23.6. The molecule has 0 bridgehead atoms. The van der Waals surface area contributed by atoms with Crippen LogP contribution >= 0.6 is 0 Å². The van der Waals surface area contributed by atoms with Gasteiger partial charge in [-0.25, -0.2) is 0 Å². The van der Waals surface area contributed by atoms with Crippen molar-refractivity contribution in [1.82, 2.24) is 10.6 Å². The molecule has 0 aromatic heterocycles. The highest BCUT2D eigenvalue weighted by Gasteiger charge is 2.28. The standard InChI is InChI=1S/C26H34N2O4/c1-3-23(31-21-11-7-5-8-12-21)25(29)27-19-15-17-20(18-16-19)28-26(30)24(4-2)32-22-13-9-6-10-14-22/h5-14,19-20,23-24H,3-4,15-18H2,1-2H3,(H,27,29)(H,28,30)/t19?,20?,23-,24-/m1/s1. The molecule has 2 aromatic carbocycles. The van der Waals surface area contributed by atoms with Gasteiger partial charge in [-0.15, -0.1) is 0 Å². The fraction of sp³-hybridized carbons (Fsp3) is 0.462. The normalized spacial score (nSPS) is 19.9. The maximum absolute atomic E-state index is 12.7. The molecule has 0 aliphatic heterocycles. The minimum Gasteiger partial charge on any atom is -0.481 e. The Hall–Kier alpha value is -3.02. The third kappa shape index (κ3) is 7.01. The van der Waals surface area contributed by atoms with Gasteiger partial charge in [-0.05, 0) is 62.8 Å². The smallest absolute Gasteiger partial charge is 0.261 e. The van der Waals surface area contributed by atoms with E-state index >= 15 is 0 Å². The van der Waals surface area contributed by atoms with Gasteiger partial charge in [0.05, 0.1) is 0 Å². The van der Waals surface area contributed by atoms with Gasteiger partial charge in [-0.1, -0.05) is 50.2 Å². The van der Waals surface area contributed by atoms with Crippen LogP contribution in [0.2, 0.25) is 0 Å². The second-order valence-corrected chi connectivity index (χ2v) is 8.22. The van der Waals surface area contributed by atoms with Crippen molar-refractivity contribution in [3.05, 3.63) is 60.7 Å². The summed E-state index contributed by atoms with van der Waals surface area (Å²) in [6.07, 6.45) is 3.51. The second kappa shape index (κ2) is 12.1. The van der Waals surface area contributed by atoms with Crippen LogP contribution in [0.25, 0.3) is 0 Å². The van der Waals surface area contributed by atoms with Crippen LogP contribution in [-0.2, 0) is 9.59 Å². The maximum Gasteiger partial charge on any atom is 0.261 e. The molecule has 6 nitrogen and oxygen atoms in total. The number of benzene rings is 2. The molecule has 172 valence electrons. The Kier molecular flexibility index (Phi) is 8.96. The highest BCUT2D eigenvalue weighted by Crippen LogP contribution is 2.21. The summed E-state index contributed by atoms with van der Waals surface area (Å²) < 4.78 is 11.7. The van der Waals surface area contributed by atoms with Crippen LogP contribution in [0.15, 0.2) is 60.7 Å². The van der Waals surface area contributed by atoms with E-state index in [2.05, 4.69) is 10.6 Å². The molecule has 6 heteroatoms. The molecule has 1 saturated carbocycles. The number of hydrogen-bond acceptors (Lipinski definition) is 4. The molecule has 1 aliphatic rings. The second-order valence-electron chi connectivity index (χ2n) is 8.22. The minimum atomic E-state index is -0.504. The topological polar surface area (TPSA) is 76.7 Å². The molecule has 0 heterocycles. The molecule has 0 spiro atoms. The zero-order chi connectivity index (χ0) is 22.8. The van der Waals surface area contributed by atoms with E-state index in [1.807, 2.05) is 74.5 Å². The van der Waals surface area contributed by atoms with Crippen molar-refractivity contribution >= 4 is 11.8 Å². The van der Waals surface area contributed by atoms with Gasteiger partial charge in [-0.3, -0.25) is 9.59 Å². The summed E-state index contributed by atoms with van der Waals surface area (Å²) in [5.74, 6) is 1.24. The molecule has 0 radical (unpaired) electrons. The molecule has 0 saturated heterocycles. The zero-order valence-electron chi connectivity index (χ0n) is 19.0. The van der Waals surface area contributed by atoms with E-state index < -0.39 is 12.2 Å². The summed E-state index contributed by atoms with van der Waals surface area (Å²) in [5.41, 5.74) is 0. The number of amides is 2. The largest absolute Gasteiger partial charge is 0.481 e. The summed E-state index contributed by atoms with van der Waals surface area (Å²) in [6, 6.07) is 19.0. The summed E-state index contributed by atoms with van der Waals surface area (Å²) in [6.45, 7) is 3.89. The number of ether oxygens (including phenoxy) is 2. The Morgan fingerprint density at radius 3 is 1.38 bits per heavy atom. The quantitative estimate of drug-likeness (QED) is 0.582. The lowest BCUT2D eigenvalue weighted by atomic mass is 9.90. The predicted molar refractivity (Wildman–Crippen MR) is 125 cm³/mol. The van der Waals surface area contributed by atoms with E-state index in [9.17, 15) is 9.59 Å². The molecule has 32 heavy (non-hydrogen) atoms. The first-order valence-electron chi connectivity index (χ1n) is 11.6. The Morgan fingerprint density at radius 1 is 0.719 bits per heavy atom. The SMILES string of the molecule is CC[C@@H](Oc1ccccc1)C(=O)NC1CCC(NC(=O)[C@@H](CC)Oc2ccccc2)CC1. The van der Waals surface area contributed by atoms with Gasteiger partial charge in [0.25, 0.3) is 11.8 Å². The van der Waals surface area contributed by atoms with Crippen LogP contribution in [0, 0.1) is 0 Å². The van der Waals surface area contributed by atoms with Crippen molar-refractivity contribution in [3.8, 4) is 11.5 Å². The average molecular weight is 439 g/mol. The molecule has 2 aromatic rings. The molecule has 1 aliphatic carbocycles. The van der Waals surface area contributed by atoms with Gasteiger partial charge in [0.15, 0.2) is 12.2 Å². The fourth-order valence-electron chi connectivity index (χ4n) is 3.94. The van der Waals surface area contributed by atoms with Crippen molar-refractivity contribution < 1.29 is 19.1 Å². The Bertz CT molecular complexity index is 764. The fourth-order valence-corrected chi connectivity index (χ4v) is 3.94. The van der Waals surface area contributed by atoms with Gasteiger partial charge < -0.3 is 20.1 Å². The van der Waals surface area contributed by atoms with Gasteiger partial charge in [0, 0.05) is 12.1 Å². The third-order valence-corrected chi connectivity index (χ3v) is 5.79. The number of nitrogens with one attached hydrogen (secondary N) is 2. The molecule has 2 atom stereocenters. The number of rotatable bonds is 10. The lowest BCUT2D eigenvalue weighted by molar-refractivity contribution is -0.130. The van der Waals surface area contributed by atoms with Crippen LogP contribution in [0.3, 0.4) is 0 Å². The van der Waals surface area contributed by atoms with Crippen LogP contribution in [-0.4, -0.2) is 36.1 Å². The molecule has 0 unspecified atom stereocenters. The maximum atomic E-state index is 12.7. The molecule has 1 fully saturated rings. The zero-order valence-corrected chi connectivity index (χ0v) is 19.0.